The largest absolute Gasteiger partial charge is 0.496 e. The van der Waals surface area contributed by atoms with Crippen molar-refractivity contribution in [3.63, 3.8) is 0 Å². The van der Waals surface area contributed by atoms with Crippen LogP contribution in [0.4, 0.5) is 15.8 Å². The average Bonchev–Trinajstić information content (AvgIpc) is 3.25. The molecule has 0 saturated heterocycles. The van der Waals surface area contributed by atoms with E-state index in [1.807, 2.05) is 62.9 Å². The molecule has 206 valence electrons. The zero-order valence-corrected chi connectivity index (χ0v) is 23.5. The third-order valence-corrected chi connectivity index (χ3v) is 8.42. The minimum atomic E-state index is -1.24. The van der Waals surface area contributed by atoms with Crippen LogP contribution in [0, 0.1) is 19.8 Å². The van der Waals surface area contributed by atoms with Gasteiger partial charge in [0.15, 0.2) is 0 Å². The van der Waals surface area contributed by atoms with Crippen molar-refractivity contribution in [2.45, 2.75) is 90.9 Å². The maximum Gasteiger partial charge on any atom is 0.254 e. The van der Waals surface area contributed by atoms with Gasteiger partial charge in [-0.3, -0.25) is 9.59 Å². The highest BCUT2D eigenvalue weighted by Gasteiger charge is 2.37. The molecule has 2 amide bonds. The molecule has 0 bridgehead atoms. The Kier molecular flexibility index (Phi) is 8.64. The Labute approximate surface area is 226 Å². The Bertz CT molecular complexity index is 1180. The maximum atomic E-state index is 15.1. The summed E-state index contributed by atoms with van der Waals surface area (Å²) < 4.78 is 20.4. The third-order valence-electron chi connectivity index (χ3n) is 8.42. The molecule has 0 aromatic heterocycles. The predicted octanol–water partition coefficient (Wildman–Crippen LogP) is 6.80. The summed E-state index contributed by atoms with van der Waals surface area (Å²) in [5.41, 5.74) is 4.15. The number of halogens is 1. The Morgan fingerprint density at radius 3 is 2.47 bits per heavy atom. The number of carbonyl (C=O) groups is 2. The van der Waals surface area contributed by atoms with Crippen LogP contribution in [0.25, 0.3) is 0 Å². The standard InChI is InChI=1S/C31H42FN3O3/c1-6-14-31(32,7-2)19-33-24-15-21(4)27-18-35(30(37)26(27)16-24)25-12-9-22(10-13-25)29(36)34-23-11-8-20(3)28(17-23)38-5/h8,11,15-17,22,25,33H,6-7,9-10,12-14,18-19H2,1-5H3,(H,34,36). The minimum absolute atomic E-state index is 0.0241. The number of rotatable bonds is 10. The highest BCUT2D eigenvalue weighted by molar-refractivity contribution is 6.00. The van der Waals surface area contributed by atoms with Crippen LogP contribution in [0.2, 0.25) is 0 Å². The van der Waals surface area contributed by atoms with E-state index in [1.165, 1.54) is 0 Å². The van der Waals surface area contributed by atoms with Crippen molar-refractivity contribution in [1.29, 1.82) is 0 Å². The third kappa shape index (κ3) is 5.97. The molecule has 7 heteroatoms. The molecule has 2 N–H and O–H groups in total. The van der Waals surface area contributed by atoms with Crippen molar-refractivity contribution in [2.75, 3.05) is 24.3 Å². The lowest BCUT2D eigenvalue weighted by Gasteiger charge is -2.34. The van der Waals surface area contributed by atoms with Crippen molar-refractivity contribution in [3.8, 4) is 5.75 Å². The topological polar surface area (TPSA) is 70.7 Å². The maximum absolute atomic E-state index is 15.1. The predicted molar refractivity (Wildman–Crippen MR) is 151 cm³/mol. The van der Waals surface area contributed by atoms with Gasteiger partial charge >= 0.3 is 0 Å². The van der Waals surface area contributed by atoms with Crippen LogP contribution in [0.5, 0.6) is 5.75 Å². The van der Waals surface area contributed by atoms with Gasteiger partial charge in [-0.05, 0) is 87.3 Å². The molecule has 1 heterocycles. The highest BCUT2D eigenvalue weighted by atomic mass is 19.1. The molecule has 1 atom stereocenters. The second kappa shape index (κ2) is 11.7. The van der Waals surface area contributed by atoms with Crippen molar-refractivity contribution >= 4 is 23.2 Å². The van der Waals surface area contributed by atoms with E-state index in [2.05, 4.69) is 10.6 Å². The number of fused-ring (bicyclic) bond motifs is 1. The van der Waals surface area contributed by atoms with Gasteiger partial charge in [0, 0.05) is 48.1 Å². The number of hydrogen-bond acceptors (Lipinski definition) is 4. The molecular weight excluding hydrogens is 481 g/mol. The van der Waals surface area contributed by atoms with E-state index in [4.69, 9.17) is 4.74 Å². The highest BCUT2D eigenvalue weighted by Crippen LogP contribution is 2.36. The van der Waals surface area contributed by atoms with E-state index in [0.29, 0.717) is 19.4 Å². The lowest BCUT2D eigenvalue weighted by atomic mass is 9.84. The van der Waals surface area contributed by atoms with E-state index in [9.17, 15) is 9.59 Å². The number of methoxy groups -OCH3 is 1. The molecule has 6 nitrogen and oxygen atoms in total. The summed E-state index contributed by atoms with van der Waals surface area (Å²) in [4.78, 5) is 28.3. The second-order valence-corrected chi connectivity index (χ2v) is 11.0. The molecule has 2 aromatic carbocycles. The smallest absolute Gasteiger partial charge is 0.254 e. The summed E-state index contributed by atoms with van der Waals surface area (Å²) in [6.07, 6.45) is 4.88. The SMILES string of the molecule is CCCC(F)(CC)CNc1cc(C)c2c(c1)C(=O)N(C1CCC(C(=O)Nc3ccc(C)c(OC)c3)CC1)C2. The number of aryl methyl sites for hydroxylation is 2. The fraction of sp³-hybridized carbons (Fsp3) is 0.548. The molecule has 1 saturated carbocycles. The minimum Gasteiger partial charge on any atom is -0.496 e. The van der Waals surface area contributed by atoms with Crippen LogP contribution in [0.1, 0.15) is 85.8 Å². The number of ether oxygens (including phenoxy) is 1. The van der Waals surface area contributed by atoms with Crippen molar-refractivity contribution in [3.05, 3.63) is 52.6 Å². The summed E-state index contributed by atoms with van der Waals surface area (Å²) in [6.45, 7) is 8.72. The Morgan fingerprint density at radius 2 is 1.82 bits per heavy atom. The molecule has 1 aliphatic heterocycles. The molecule has 1 fully saturated rings. The molecule has 2 aliphatic rings. The van der Waals surface area contributed by atoms with E-state index in [1.54, 1.807) is 7.11 Å². The van der Waals surface area contributed by atoms with Crippen molar-refractivity contribution in [1.82, 2.24) is 4.90 Å². The van der Waals surface area contributed by atoms with Gasteiger partial charge in [-0.2, -0.15) is 0 Å². The van der Waals surface area contributed by atoms with Crippen LogP contribution in [0.3, 0.4) is 0 Å². The first kappa shape index (κ1) is 27.9. The molecule has 1 unspecified atom stereocenters. The number of benzene rings is 2. The van der Waals surface area contributed by atoms with Crippen LogP contribution < -0.4 is 15.4 Å². The Balaban J connectivity index is 1.35. The summed E-state index contributed by atoms with van der Waals surface area (Å²) >= 11 is 0. The molecule has 4 rings (SSSR count). The number of amides is 2. The van der Waals surface area contributed by atoms with E-state index < -0.39 is 5.67 Å². The lowest BCUT2D eigenvalue weighted by Crippen LogP contribution is -2.40. The van der Waals surface area contributed by atoms with Gasteiger partial charge in [0.2, 0.25) is 5.91 Å². The fourth-order valence-corrected chi connectivity index (χ4v) is 5.90. The number of carbonyl (C=O) groups excluding carboxylic acids is 2. The number of hydrogen-bond donors (Lipinski definition) is 2. The number of anilines is 2. The van der Waals surface area contributed by atoms with E-state index in [-0.39, 0.29) is 30.3 Å². The zero-order chi connectivity index (χ0) is 27.4. The van der Waals surface area contributed by atoms with E-state index >= 15 is 4.39 Å². The molecule has 0 spiro atoms. The van der Waals surface area contributed by atoms with E-state index in [0.717, 1.165) is 71.5 Å². The quantitative estimate of drug-likeness (QED) is 0.359. The second-order valence-electron chi connectivity index (χ2n) is 11.0. The fourth-order valence-electron chi connectivity index (χ4n) is 5.90. The zero-order valence-electron chi connectivity index (χ0n) is 23.5. The summed E-state index contributed by atoms with van der Waals surface area (Å²) in [5.74, 6) is 0.749. The Hall–Kier alpha value is -3.09. The van der Waals surface area contributed by atoms with Gasteiger partial charge < -0.3 is 20.3 Å². The molecule has 0 radical (unpaired) electrons. The van der Waals surface area contributed by atoms with Crippen LogP contribution in [0.15, 0.2) is 30.3 Å². The Morgan fingerprint density at radius 1 is 1.08 bits per heavy atom. The van der Waals surface area contributed by atoms with Gasteiger partial charge in [-0.15, -0.1) is 0 Å². The van der Waals surface area contributed by atoms with Crippen LogP contribution in [-0.4, -0.2) is 42.1 Å². The van der Waals surface area contributed by atoms with Gasteiger partial charge in [0.05, 0.1) is 7.11 Å². The van der Waals surface area contributed by atoms with Crippen LogP contribution in [-0.2, 0) is 11.3 Å². The molecule has 1 aliphatic carbocycles. The molecule has 38 heavy (non-hydrogen) atoms. The normalized spacial score (nSPS) is 20.6. The van der Waals surface area contributed by atoms with Crippen molar-refractivity contribution in [2.24, 2.45) is 5.92 Å². The first-order valence-electron chi connectivity index (χ1n) is 14.0. The van der Waals surface area contributed by atoms with Crippen molar-refractivity contribution < 1.29 is 18.7 Å². The van der Waals surface area contributed by atoms with Gasteiger partial charge in [0.1, 0.15) is 11.4 Å². The van der Waals surface area contributed by atoms with Gasteiger partial charge in [-0.25, -0.2) is 4.39 Å². The first-order valence-corrected chi connectivity index (χ1v) is 14.0. The average molecular weight is 524 g/mol. The molecular formula is C31H42FN3O3. The lowest BCUT2D eigenvalue weighted by molar-refractivity contribution is -0.121. The monoisotopic (exact) mass is 523 g/mol. The number of nitrogens with one attached hydrogen (secondary N) is 2. The number of alkyl halides is 1. The summed E-state index contributed by atoms with van der Waals surface area (Å²) in [7, 11) is 1.63. The summed E-state index contributed by atoms with van der Waals surface area (Å²) in [6, 6.07) is 9.72. The van der Waals surface area contributed by atoms with Gasteiger partial charge in [0.25, 0.3) is 5.91 Å². The first-order chi connectivity index (χ1) is 18.2. The summed E-state index contributed by atoms with van der Waals surface area (Å²) in [5, 5.41) is 6.29. The molecule has 2 aromatic rings. The van der Waals surface area contributed by atoms with Crippen LogP contribution >= 0.6 is 0 Å². The number of nitrogens with zero attached hydrogens (tertiary/aromatic N) is 1. The van der Waals surface area contributed by atoms with Gasteiger partial charge in [-0.1, -0.05) is 26.3 Å².